The average molecular weight is 378 g/mol. The zero-order chi connectivity index (χ0) is 19.7. The third-order valence-corrected chi connectivity index (χ3v) is 6.19. The Hall–Kier alpha value is -2.59. The molecule has 0 radical (unpaired) electrons. The molecule has 2 N–H and O–H groups in total. The van der Waals surface area contributed by atoms with E-state index in [2.05, 4.69) is 6.92 Å². The molecule has 146 valence electrons. The Morgan fingerprint density at radius 1 is 1.18 bits per heavy atom. The van der Waals surface area contributed by atoms with Gasteiger partial charge in [-0.15, -0.1) is 0 Å². The molecule has 1 saturated heterocycles. The minimum Gasteiger partial charge on any atom is -0.507 e. The molecule has 4 rings (SSSR count). The van der Waals surface area contributed by atoms with E-state index in [4.69, 9.17) is 4.42 Å². The summed E-state index contributed by atoms with van der Waals surface area (Å²) in [7, 11) is 0. The molecule has 1 fully saturated rings. The number of aromatic hydroxyl groups is 1. The molecule has 1 aromatic heterocycles. The predicted molar refractivity (Wildman–Crippen MR) is 112 cm³/mol. The molecule has 4 heteroatoms. The second-order valence-electron chi connectivity index (χ2n) is 7.92. The van der Waals surface area contributed by atoms with Crippen LogP contribution in [0.3, 0.4) is 0 Å². The predicted octanol–water partition coefficient (Wildman–Crippen LogP) is 3.82. The monoisotopic (exact) mass is 378 g/mol. The number of hydrogen-bond acceptors (Lipinski definition) is 3. The molecule has 2 atom stereocenters. The van der Waals surface area contributed by atoms with Crippen molar-refractivity contribution < 1.29 is 14.4 Å². The van der Waals surface area contributed by atoms with Crippen LogP contribution in [0.5, 0.6) is 5.75 Å². The highest BCUT2D eigenvalue weighted by molar-refractivity contribution is 5.98. The molecule has 0 aliphatic carbocycles. The Morgan fingerprint density at radius 3 is 2.71 bits per heavy atom. The van der Waals surface area contributed by atoms with Crippen LogP contribution in [0.25, 0.3) is 22.1 Å². The largest absolute Gasteiger partial charge is 0.507 e. The minimum atomic E-state index is -0.398. The highest BCUT2D eigenvalue weighted by atomic mass is 16.4. The van der Waals surface area contributed by atoms with Crippen molar-refractivity contribution in [3.63, 3.8) is 0 Å². The lowest BCUT2D eigenvalue weighted by Gasteiger charge is -2.32. The number of benzene rings is 2. The third-order valence-electron chi connectivity index (χ3n) is 6.19. The number of phenolic OH excluding ortho intramolecular Hbond substituents is 1. The Balaban J connectivity index is 1.87. The number of aryl methyl sites for hydroxylation is 1. The van der Waals surface area contributed by atoms with Crippen molar-refractivity contribution in [2.75, 3.05) is 6.54 Å². The topological polar surface area (TPSA) is 54.9 Å². The van der Waals surface area contributed by atoms with Crippen LogP contribution in [0.4, 0.5) is 0 Å². The molecular formula is C24H28NO3+. The Bertz CT molecular complexity index is 1040. The van der Waals surface area contributed by atoms with E-state index in [1.54, 1.807) is 4.90 Å². The van der Waals surface area contributed by atoms with Crippen molar-refractivity contribution in [3.05, 3.63) is 64.0 Å². The van der Waals surface area contributed by atoms with Gasteiger partial charge in [0.05, 0.1) is 23.5 Å². The summed E-state index contributed by atoms with van der Waals surface area (Å²) in [6.07, 6.45) is 4.95. The lowest BCUT2D eigenvalue weighted by atomic mass is 9.94. The highest BCUT2D eigenvalue weighted by Gasteiger charge is 2.27. The van der Waals surface area contributed by atoms with Crippen LogP contribution < -0.4 is 10.5 Å². The van der Waals surface area contributed by atoms with Gasteiger partial charge in [-0.2, -0.15) is 0 Å². The summed E-state index contributed by atoms with van der Waals surface area (Å²) in [4.78, 5) is 13.7. The van der Waals surface area contributed by atoms with E-state index in [1.165, 1.54) is 25.3 Å². The van der Waals surface area contributed by atoms with Gasteiger partial charge in [-0.3, -0.25) is 0 Å². The molecule has 1 unspecified atom stereocenters. The molecule has 1 aliphatic rings. The van der Waals surface area contributed by atoms with Crippen molar-refractivity contribution in [2.45, 2.75) is 52.1 Å². The SMILES string of the molecule is CC[C@@H]1CCCC[NH+]1Cc1c(C)cc2oc(=O)cc(-c3ccccc3)c2c1O. The molecule has 0 spiro atoms. The molecule has 2 heterocycles. The van der Waals surface area contributed by atoms with E-state index in [9.17, 15) is 9.90 Å². The quantitative estimate of drug-likeness (QED) is 0.679. The molecule has 0 saturated carbocycles. The maximum atomic E-state index is 12.1. The van der Waals surface area contributed by atoms with Crippen molar-refractivity contribution >= 4 is 11.0 Å². The summed E-state index contributed by atoms with van der Waals surface area (Å²) in [5.41, 5.74) is 3.63. The normalized spacial score (nSPS) is 19.8. The van der Waals surface area contributed by atoms with Crippen LogP contribution in [0, 0.1) is 6.92 Å². The van der Waals surface area contributed by atoms with Gasteiger partial charge in [-0.25, -0.2) is 4.79 Å². The molecule has 0 bridgehead atoms. The number of fused-ring (bicyclic) bond motifs is 1. The fourth-order valence-corrected chi connectivity index (χ4v) is 4.65. The first-order chi connectivity index (χ1) is 13.6. The van der Waals surface area contributed by atoms with Crippen LogP contribution in [-0.4, -0.2) is 17.7 Å². The smallest absolute Gasteiger partial charge is 0.336 e. The van der Waals surface area contributed by atoms with Gasteiger partial charge >= 0.3 is 5.63 Å². The van der Waals surface area contributed by atoms with E-state index >= 15 is 0 Å². The Morgan fingerprint density at radius 2 is 1.96 bits per heavy atom. The van der Waals surface area contributed by atoms with Crippen LogP contribution in [-0.2, 0) is 6.54 Å². The van der Waals surface area contributed by atoms with Crippen LogP contribution in [0.1, 0.15) is 43.7 Å². The van der Waals surface area contributed by atoms with Gasteiger partial charge in [0.15, 0.2) is 0 Å². The van der Waals surface area contributed by atoms with Crippen LogP contribution in [0.15, 0.2) is 51.7 Å². The summed E-state index contributed by atoms with van der Waals surface area (Å²) in [6, 6.07) is 13.8. The third kappa shape index (κ3) is 3.45. The minimum absolute atomic E-state index is 0.255. The standard InChI is InChI=1S/C24H27NO3/c1-3-18-11-7-8-12-25(18)15-20-16(2)13-21-23(24(20)27)19(14-22(26)28-21)17-9-5-4-6-10-17/h4-6,9-10,13-14,18,27H,3,7-8,11-12,15H2,1-2H3/p+1/t18-/m1/s1. The maximum Gasteiger partial charge on any atom is 0.336 e. The first-order valence-corrected chi connectivity index (χ1v) is 10.3. The molecular weight excluding hydrogens is 350 g/mol. The molecule has 28 heavy (non-hydrogen) atoms. The summed E-state index contributed by atoms with van der Waals surface area (Å²) in [6.45, 7) is 6.20. The van der Waals surface area contributed by atoms with Gasteiger partial charge in [0.1, 0.15) is 17.9 Å². The second-order valence-corrected chi connectivity index (χ2v) is 7.92. The fourth-order valence-electron chi connectivity index (χ4n) is 4.65. The number of phenols is 1. The van der Waals surface area contributed by atoms with E-state index in [-0.39, 0.29) is 5.75 Å². The molecule has 0 amide bonds. The van der Waals surface area contributed by atoms with E-state index in [0.29, 0.717) is 17.0 Å². The number of quaternary nitrogens is 1. The van der Waals surface area contributed by atoms with E-state index in [0.717, 1.165) is 41.8 Å². The van der Waals surface area contributed by atoms with Crippen molar-refractivity contribution in [3.8, 4) is 16.9 Å². The summed E-state index contributed by atoms with van der Waals surface area (Å²) >= 11 is 0. The second kappa shape index (κ2) is 7.80. The van der Waals surface area contributed by atoms with Gasteiger partial charge in [-0.1, -0.05) is 37.3 Å². The summed E-state index contributed by atoms with van der Waals surface area (Å²) < 4.78 is 5.45. The van der Waals surface area contributed by atoms with Crippen molar-refractivity contribution in [1.82, 2.24) is 0 Å². The summed E-state index contributed by atoms with van der Waals surface area (Å²) in [5.74, 6) is 0.255. The number of hydrogen-bond donors (Lipinski definition) is 2. The van der Waals surface area contributed by atoms with Gasteiger partial charge in [-0.05, 0) is 49.8 Å². The van der Waals surface area contributed by atoms with Crippen molar-refractivity contribution in [1.29, 1.82) is 0 Å². The lowest BCUT2D eigenvalue weighted by molar-refractivity contribution is -0.944. The zero-order valence-corrected chi connectivity index (χ0v) is 16.6. The zero-order valence-electron chi connectivity index (χ0n) is 16.6. The van der Waals surface area contributed by atoms with E-state index in [1.807, 2.05) is 43.3 Å². The van der Waals surface area contributed by atoms with Gasteiger partial charge in [0.2, 0.25) is 0 Å². The van der Waals surface area contributed by atoms with Crippen LogP contribution in [0.2, 0.25) is 0 Å². The fraction of sp³-hybridized carbons (Fsp3) is 0.375. The number of nitrogens with one attached hydrogen (secondary N) is 1. The Labute approximate surface area is 165 Å². The summed E-state index contributed by atoms with van der Waals surface area (Å²) in [5, 5.41) is 11.9. The molecule has 3 aromatic rings. The molecule has 2 aromatic carbocycles. The average Bonchev–Trinajstić information content (AvgIpc) is 2.71. The number of likely N-dealkylation sites (tertiary alicyclic amines) is 1. The first kappa shape index (κ1) is 18.8. The molecule has 4 nitrogen and oxygen atoms in total. The number of piperidine rings is 1. The maximum absolute atomic E-state index is 12.1. The van der Waals surface area contributed by atoms with Crippen LogP contribution >= 0.6 is 0 Å². The molecule has 1 aliphatic heterocycles. The highest BCUT2D eigenvalue weighted by Crippen LogP contribution is 2.37. The van der Waals surface area contributed by atoms with Gasteiger partial charge < -0.3 is 14.4 Å². The Kier molecular flexibility index (Phi) is 5.23. The van der Waals surface area contributed by atoms with Crippen molar-refractivity contribution in [2.24, 2.45) is 0 Å². The van der Waals surface area contributed by atoms with Gasteiger partial charge in [0, 0.05) is 11.6 Å². The lowest BCUT2D eigenvalue weighted by Crippen LogP contribution is -3.15. The van der Waals surface area contributed by atoms with Gasteiger partial charge in [0.25, 0.3) is 0 Å². The number of rotatable bonds is 4. The van der Waals surface area contributed by atoms with E-state index < -0.39 is 5.63 Å². The first-order valence-electron chi connectivity index (χ1n) is 10.3.